The Morgan fingerprint density at radius 3 is 2.50 bits per heavy atom. The van der Waals surface area contributed by atoms with Gasteiger partial charge in [0.05, 0.1) is 0 Å². The van der Waals surface area contributed by atoms with E-state index >= 15 is 0 Å². The van der Waals surface area contributed by atoms with Gasteiger partial charge in [0.15, 0.2) is 0 Å². The molecular weight excluding hydrogens is 222 g/mol. The molecular formula is C16H29NO. The minimum absolute atomic E-state index is 0.0378. The van der Waals surface area contributed by atoms with Crippen LogP contribution in [0.5, 0.6) is 0 Å². The van der Waals surface area contributed by atoms with E-state index < -0.39 is 0 Å². The number of nitrogens with zero attached hydrogens (tertiary/aromatic N) is 1. The molecule has 2 unspecified atom stereocenters. The summed E-state index contributed by atoms with van der Waals surface area (Å²) >= 11 is 0. The predicted octanol–water partition coefficient (Wildman–Crippen LogP) is 3.65. The Balaban J connectivity index is 1.93. The third-order valence-corrected chi connectivity index (χ3v) is 5.14. The molecule has 0 amide bonds. The number of rotatable bonds is 4. The Labute approximate surface area is 112 Å². The molecule has 2 aliphatic carbocycles. The zero-order valence-electron chi connectivity index (χ0n) is 12.2. The molecule has 18 heavy (non-hydrogen) atoms. The van der Waals surface area contributed by atoms with Crippen LogP contribution in [0.2, 0.25) is 0 Å². The zero-order chi connectivity index (χ0) is 13.0. The number of carbonyl (C=O) groups excluding carboxylic acids is 1. The van der Waals surface area contributed by atoms with E-state index in [1.165, 1.54) is 51.2 Å². The van der Waals surface area contributed by atoms with Gasteiger partial charge in [-0.2, -0.15) is 0 Å². The van der Waals surface area contributed by atoms with Crippen LogP contribution >= 0.6 is 0 Å². The lowest BCUT2D eigenvalue weighted by molar-refractivity contribution is -0.120. The van der Waals surface area contributed by atoms with Crippen LogP contribution in [0.1, 0.15) is 64.7 Å². The molecule has 0 aromatic rings. The molecule has 2 heteroatoms. The van der Waals surface area contributed by atoms with Gasteiger partial charge in [0.1, 0.15) is 6.29 Å². The van der Waals surface area contributed by atoms with Crippen LogP contribution in [-0.2, 0) is 4.79 Å². The lowest BCUT2D eigenvalue weighted by Crippen LogP contribution is -2.44. The number of aldehydes is 1. The fourth-order valence-corrected chi connectivity index (χ4v) is 4.14. The highest BCUT2D eigenvalue weighted by Crippen LogP contribution is 2.39. The van der Waals surface area contributed by atoms with Crippen molar-refractivity contribution >= 4 is 6.29 Å². The molecule has 2 aliphatic rings. The van der Waals surface area contributed by atoms with Crippen LogP contribution in [0.3, 0.4) is 0 Å². The lowest BCUT2D eigenvalue weighted by Gasteiger charge is -2.41. The van der Waals surface area contributed by atoms with Gasteiger partial charge in [-0.1, -0.05) is 39.0 Å². The smallest absolute Gasteiger partial charge is 0.127 e. The molecule has 0 bridgehead atoms. The van der Waals surface area contributed by atoms with Gasteiger partial charge in [0.2, 0.25) is 0 Å². The quantitative estimate of drug-likeness (QED) is 0.711. The molecule has 104 valence electrons. The van der Waals surface area contributed by atoms with Crippen molar-refractivity contribution in [3.8, 4) is 0 Å². The van der Waals surface area contributed by atoms with E-state index in [2.05, 4.69) is 18.9 Å². The summed E-state index contributed by atoms with van der Waals surface area (Å²) in [6.45, 7) is 3.30. The summed E-state index contributed by atoms with van der Waals surface area (Å²) in [5, 5.41) is 0. The maximum atomic E-state index is 11.6. The van der Waals surface area contributed by atoms with Gasteiger partial charge >= 0.3 is 0 Å². The second kappa shape index (κ2) is 6.18. The van der Waals surface area contributed by atoms with Gasteiger partial charge in [-0.3, -0.25) is 0 Å². The molecule has 0 aromatic heterocycles. The van der Waals surface area contributed by atoms with Crippen LogP contribution in [-0.4, -0.2) is 30.8 Å². The minimum atomic E-state index is -0.0378. The highest BCUT2D eigenvalue weighted by Gasteiger charge is 2.36. The second-order valence-electron chi connectivity index (χ2n) is 6.89. The number of hydrogen-bond acceptors (Lipinski definition) is 2. The monoisotopic (exact) mass is 251 g/mol. The van der Waals surface area contributed by atoms with Crippen molar-refractivity contribution < 1.29 is 4.79 Å². The molecule has 0 spiro atoms. The Kier molecular flexibility index (Phi) is 4.83. The summed E-state index contributed by atoms with van der Waals surface area (Å²) in [5.41, 5.74) is -0.0378. The molecule has 2 fully saturated rings. The summed E-state index contributed by atoms with van der Waals surface area (Å²) in [6, 6.07) is 0.729. The lowest BCUT2D eigenvalue weighted by atomic mass is 9.70. The number of hydrogen-bond donors (Lipinski definition) is 0. The second-order valence-corrected chi connectivity index (χ2v) is 6.89. The van der Waals surface area contributed by atoms with E-state index in [1.807, 2.05) is 0 Å². The van der Waals surface area contributed by atoms with Crippen molar-refractivity contribution in [2.75, 3.05) is 13.6 Å². The highest BCUT2D eigenvalue weighted by molar-refractivity contribution is 5.60. The molecule has 0 aromatic carbocycles. The van der Waals surface area contributed by atoms with Gasteiger partial charge in [-0.25, -0.2) is 0 Å². The van der Waals surface area contributed by atoms with E-state index in [1.54, 1.807) is 0 Å². The molecule has 0 saturated heterocycles. The van der Waals surface area contributed by atoms with Gasteiger partial charge in [0, 0.05) is 18.0 Å². The maximum absolute atomic E-state index is 11.6. The Morgan fingerprint density at radius 2 is 1.89 bits per heavy atom. The fraction of sp³-hybridized carbons (Fsp3) is 0.938. The van der Waals surface area contributed by atoms with Crippen LogP contribution in [0.15, 0.2) is 0 Å². The van der Waals surface area contributed by atoms with Crippen molar-refractivity contribution in [1.82, 2.24) is 4.90 Å². The predicted molar refractivity (Wildman–Crippen MR) is 75.6 cm³/mol. The van der Waals surface area contributed by atoms with Gasteiger partial charge in [-0.05, 0) is 38.6 Å². The SMILES string of the molecule is CC1CCCC(C=O)(CN(C)C2CCCCC2)C1. The van der Waals surface area contributed by atoms with Gasteiger partial charge in [-0.15, -0.1) is 0 Å². The van der Waals surface area contributed by atoms with Crippen molar-refractivity contribution in [1.29, 1.82) is 0 Å². The summed E-state index contributed by atoms with van der Waals surface area (Å²) in [7, 11) is 2.24. The standard InChI is InChI=1S/C16H29NO/c1-14-7-6-10-16(11-14,13-18)12-17(2)15-8-4-3-5-9-15/h13-15H,3-12H2,1-2H3. The normalized spacial score (nSPS) is 34.7. The Morgan fingerprint density at radius 1 is 1.17 bits per heavy atom. The summed E-state index contributed by atoms with van der Waals surface area (Å²) in [5.74, 6) is 0.726. The van der Waals surface area contributed by atoms with Crippen molar-refractivity contribution in [3.63, 3.8) is 0 Å². The fourth-order valence-electron chi connectivity index (χ4n) is 4.14. The van der Waals surface area contributed by atoms with E-state index in [0.29, 0.717) is 0 Å². The van der Waals surface area contributed by atoms with E-state index in [4.69, 9.17) is 0 Å². The van der Waals surface area contributed by atoms with E-state index in [-0.39, 0.29) is 5.41 Å². The van der Waals surface area contributed by atoms with Crippen LogP contribution < -0.4 is 0 Å². The Bertz CT molecular complexity index is 272. The van der Waals surface area contributed by atoms with Crippen LogP contribution in [0.4, 0.5) is 0 Å². The molecule has 2 atom stereocenters. The zero-order valence-corrected chi connectivity index (χ0v) is 12.2. The molecule has 0 aliphatic heterocycles. The molecule has 2 saturated carbocycles. The average molecular weight is 251 g/mol. The third kappa shape index (κ3) is 3.34. The molecule has 2 rings (SSSR count). The van der Waals surface area contributed by atoms with Crippen LogP contribution in [0, 0.1) is 11.3 Å². The largest absolute Gasteiger partial charge is 0.303 e. The number of carbonyl (C=O) groups is 1. The summed E-state index contributed by atoms with van der Waals surface area (Å²) in [4.78, 5) is 14.1. The maximum Gasteiger partial charge on any atom is 0.127 e. The highest BCUT2D eigenvalue weighted by atomic mass is 16.1. The summed E-state index contributed by atoms with van der Waals surface area (Å²) < 4.78 is 0. The molecule has 2 nitrogen and oxygen atoms in total. The topological polar surface area (TPSA) is 20.3 Å². The summed E-state index contributed by atoms with van der Waals surface area (Å²) in [6.07, 6.45) is 12.9. The van der Waals surface area contributed by atoms with Crippen molar-refractivity contribution in [2.24, 2.45) is 11.3 Å². The van der Waals surface area contributed by atoms with Gasteiger partial charge < -0.3 is 9.69 Å². The first-order chi connectivity index (χ1) is 8.65. The first-order valence-electron chi connectivity index (χ1n) is 7.82. The molecule has 0 radical (unpaired) electrons. The third-order valence-electron chi connectivity index (χ3n) is 5.14. The van der Waals surface area contributed by atoms with E-state index in [0.717, 1.165) is 31.3 Å². The Hall–Kier alpha value is -0.370. The van der Waals surface area contributed by atoms with Crippen molar-refractivity contribution in [3.05, 3.63) is 0 Å². The van der Waals surface area contributed by atoms with Crippen LogP contribution in [0.25, 0.3) is 0 Å². The first-order valence-corrected chi connectivity index (χ1v) is 7.82. The molecule has 0 N–H and O–H groups in total. The van der Waals surface area contributed by atoms with E-state index in [9.17, 15) is 4.79 Å². The first kappa shape index (κ1) is 14.0. The molecule has 0 heterocycles. The minimum Gasteiger partial charge on any atom is -0.303 e. The van der Waals surface area contributed by atoms with Crippen molar-refractivity contribution in [2.45, 2.75) is 70.8 Å². The average Bonchev–Trinajstić information content (AvgIpc) is 2.39. The van der Waals surface area contributed by atoms with Gasteiger partial charge in [0.25, 0.3) is 0 Å².